The largest absolute Gasteiger partial charge is 0.482 e. The number of nitrogens with zero attached hydrogens (tertiary/aromatic N) is 2. The van der Waals surface area contributed by atoms with Crippen molar-refractivity contribution in [3.05, 3.63) is 46.9 Å². The van der Waals surface area contributed by atoms with Gasteiger partial charge in [-0.2, -0.15) is 13.2 Å². The van der Waals surface area contributed by atoms with Gasteiger partial charge in [-0.3, -0.25) is 4.79 Å². The molecule has 6 nitrogen and oxygen atoms in total. The van der Waals surface area contributed by atoms with Crippen LogP contribution < -0.4 is 15.4 Å². The maximum absolute atomic E-state index is 12.6. The van der Waals surface area contributed by atoms with Crippen LogP contribution in [0.2, 0.25) is 0 Å². The molecule has 2 aromatic heterocycles. The molecule has 2 heterocycles. The van der Waals surface area contributed by atoms with Crippen molar-refractivity contribution in [3.8, 4) is 5.75 Å². The van der Waals surface area contributed by atoms with Gasteiger partial charge in [-0.25, -0.2) is 9.97 Å². The molecule has 2 aromatic rings. The first-order valence-electron chi connectivity index (χ1n) is 9.65. The van der Waals surface area contributed by atoms with Crippen LogP contribution in [0.3, 0.4) is 0 Å². The molecule has 0 aromatic carbocycles. The van der Waals surface area contributed by atoms with Gasteiger partial charge in [0.25, 0.3) is 5.91 Å². The molecule has 2 N–H and O–H groups in total. The maximum Gasteiger partial charge on any atom is 0.422 e. The van der Waals surface area contributed by atoms with E-state index in [1.54, 1.807) is 0 Å². The number of hydrogen-bond acceptors (Lipinski definition) is 5. The van der Waals surface area contributed by atoms with Gasteiger partial charge in [0.1, 0.15) is 17.3 Å². The Hall–Kier alpha value is -2.84. The molecule has 0 radical (unpaired) electrons. The Balaban J connectivity index is 2.07. The molecule has 0 saturated heterocycles. The van der Waals surface area contributed by atoms with Crippen LogP contribution in [0.5, 0.6) is 5.75 Å². The molecular weight excluding hydrogens is 397 g/mol. The highest BCUT2D eigenvalue weighted by atomic mass is 19.4. The third kappa shape index (κ3) is 7.20. The van der Waals surface area contributed by atoms with E-state index in [0.29, 0.717) is 5.92 Å². The summed E-state index contributed by atoms with van der Waals surface area (Å²) >= 11 is 0. The summed E-state index contributed by atoms with van der Waals surface area (Å²) in [7, 11) is 0. The van der Waals surface area contributed by atoms with Crippen LogP contribution in [-0.2, 0) is 0 Å². The van der Waals surface area contributed by atoms with E-state index in [0.717, 1.165) is 23.6 Å². The van der Waals surface area contributed by atoms with E-state index >= 15 is 0 Å². The Morgan fingerprint density at radius 3 is 2.43 bits per heavy atom. The topological polar surface area (TPSA) is 76.1 Å². The second-order valence-corrected chi connectivity index (χ2v) is 7.58. The number of halogens is 3. The Morgan fingerprint density at radius 2 is 1.83 bits per heavy atom. The highest BCUT2D eigenvalue weighted by Crippen LogP contribution is 2.22. The molecule has 1 atom stereocenters. The van der Waals surface area contributed by atoms with E-state index in [1.165, 1.54) is 19.1 Å². The molecule has 0 aliphatic carbocycles. The van der Waals surface area contributed by atoms with E-state index < -0.39 is 18.7 Å². The standard InChI is InChI=1S/C21H27F3N4O2/c1-12(2)10-25-19-9-16(8-13(3)26-19)14(4)28-20(29)17-6-7-18(15(5)27-17)30-11-21(22,23)24/h6-9,12,14H,10-11H2,1-5H3,(H,25,26)(H,28,29). The summed E-state index contributed by atoms with van der Waals surface area (Å²) in [4.78, 5) is 21.1. The van der Waals surface area contributed by atoms with Gasteiger partial charge in [0, 0.05) is 12.2 Å². The first-order chi connectivity index (χ1) is 13.9. The van der Waals surface area contributed by atoms with Gasteiger partial charge in [-0.05, 0) is 56.5 Å². The first kappa shape index (κ1) is 23.4. The molecule has 164 valence electrons. The Labute approximate surface area is 174 Å². The third-order valence-corrected chi connectivity index (χ3v) is 4.18. The van der Waals surface area contributed by atoms with Crippen molar-refractivity contribution in [1.82, 2.24) is 15.3 Å². The molecule has 9 heteroatoms. The van der Waals surface area contributed by atoms with Crippen LogP contribution in [0.4, 0.5) is 19.0 Å². The summed E-state index contributed by atoms with van der Waals surface area (Å²) in [6.45, 7) is 8.78. The van der Waals surface area contributed by atoms with Gasteiger partial charge >= 0.3 is 6.18 Å². The molecule has 1 unspecified atom stereocenters. The number of aromatic nitrogens is 2. The number of carbonyl (C=O) groups excluding carboxylic acids is 1. The Kier molecular flexibility index (Phi) is 7.64. The van der Waals surface area contributed by atoms with Crippen LogP contribution in [0.15, 0.2) is 24.3 Å². The van der Waals surface area contributed by atoms with Gasteiger partial charge in [-0.15, -0.1) is 0 Å². The fourth-order valence-corrected chi connectivity index (χ4v) is 2.69. The average Bonchev–Trinajstić information content (AvgIpc) is 2.64. The van der Waals surface area contributed by atoms with Crippen LogP contribution in [-0.4, -0.2) is 35.2 Å². The van der Waals surface area contributed by atoms with Gasteiger partial charge in [0.15, 0.2) is 6.61 Å². The highest BCUT2D eigenvalue weighted by Gasteiger charge is 2.29. The molecule has 1 amide bonds. The van der Waals surface area contributed by atoms with Crippen molar-refractivity contribution < 1.29 is 22.7 Å². The second-order valence-electron chi connectivity index (χ2n) is 7.58. The Bertz CT molecular complexity index is 885. The number of amides is 1. The van der Waals surface area contributed by atoms with Gasteiger partial charge in [-0.1, -0.05) is 13.8 Å². The van der Waals surface area contributed by atoms with Crippen molar-refractivity contribution >= 4 is 11.7 Å². The number of rotatable bonds is 8. The van der Waals surface area contributed by atoms with Crippen LogP contribution in [0, 0.1) is 19.8 Å². The lowest BCUT2D eigenvalue weighted by Gasteiger charge is -2.17. The summed E-state index contributed by atoms with van der Waals surface area (Å²) in [5.41, 5.74) is 2.01. The second kappa shape index (κ2) is 9.77. The average molecular weight is 424 g/mol. The summed E-state index contributed by atoms with van der Waals surface area (Å²) < 4.78 is 41.7. The van der Waals surface area contributed by atoms with Crippen molar-refractivity contribution in [3.63, 3.8) is 0 Å². The van der Waals surface area contributed by atoms with Crippen LogP contribution in [0.25, 0.3) is 0 Å². The van der Waals surface area contributed by atoms with Crippen molar-refractivity contribution in [2.45, 2.75) is 46.8 Å². The molecule has 30 heavy (non-hydrogen) atoms. The van der Waals surface area contributed by atoms with E-state index in [9.17, 15) is 18.0 Å². The zero-order valence-electron chi connectivity index (χ0n) is 17.7. The zero-order chi connectivity index (χ0) is 22.5. The third-order valence-electron chi connectivity index (χ3n) is 4.18. The number of carbonyl (C=O) groups is 1. The van der Waals surface area contributed by atoms with Gasteiger partial charge < -0.3 is 15.4 Å². The number of hydrogen-bond donors (Lipinski definition) is 2. The molecule has 0 saturated carbocycles. The maximum atomic E-state index is 12.6. The zero-order valence-corrected chi connectivity index (χ0v) is 17.7. The fraction of sp³-hybridized carbons (Fsp3) is 0.476. The van der Waals surface area contributed by atoms with Gasteiger partial charge in [0.2, 0.25) is 0 Å². The van der Waals surface area contributed by atoms with Crippen molar-refractivity contribution in [2.24, 2.45) is 5.92 Å². The lowest BCUT2D eigenvalue weighted by Crippen LogP contribution is -2.28. The predicted octanol–water partition coefficient (Wildman–Crippen LogP) is 4.59. The summed E-state index contributed by atoms with van der Waals surface area (Å²) in [6, 6.07) is 6.11. The monoisotopic (exact) mass is 424 g/mol. The minimum Gasteiger partial charge on any atom is -0.482 e. The van der Waals surface area contributed by atoms with Crippen LogP contribution >= 0.6 is 0 Å². The predicted molar refractivity (Wildman–Crippen MR) is 109 cm³/mol. The molecule has 0 aliphatic heterocycles. The number of pyridine rings is 2. The molecule has 2 rings (SSSR count). The summed E-state index contributed by atoms with van der Waals surface area (Å²) in [6.07, 6.45) is -4.44. The summed E-state index contributed by atoms with van der Waals surface area (Å²) in [5.74, 6) is 0.756. The van der Waals surface area contributed by atoms with E-state index in [4.69, 9.17) is 4.74 Å². The van der Waals surface area contributed by atoms with Crippen molar-refractivity contribution in [2.75, 3.05) is 18.5 Å². The number of nitrogens with one attached hydrogen (secondary N) is 2. The number of anilines is 1. The minimum atomic E-state index is -4.44. The number of alkyl halides is 3. The van der Waals surface area contributed by atoms with Gasteiger partial charge in [0.05, 0.1) is 11.7 Å². The molecular formula is C21H27F3N4O2. The smallest absolute Gasteiger partial charge is 0.422 e. The summed E-state index contributed by atoms with van der Waals surface area (Å²) in [5, 5.41) is 6.13. The van der Waals surface area contributed by atoms with Crippen molar-refractivity contribution in [1.29, 1.82) is 0 Å². The quantitative estimate of drug-likeness (QED) is 0.648. The first-order valence-corrected chi connectivity index (χ1v) is 9.65. The SMILES string of the molecule is Cc1cc(C(C)NC(=O)c2ccc(OCC(F)(F)F)c(C)n2)cc(NCC(C)C)n1. The molecule has 0 fully saturated rings. The highest BCUT2D eigenvalue weighted by molar-refractivity contribution is 5.92. The minimum absolute atomic E-state index is 0.0115. The number of ether oxygens (including phenoxy) is 1. The van der Waals surface area contributed by atoms with Crippen LogP contribution in [0.1, 0.15) is 54.3 Å². The molecule has 0 aliphatic rings. The van der Waals surface area contributed by atoms with E-state index in [1.807, 2.05) is 26.0 Å². The van der Waals surface area contributed by atoms with E-state index in [-0.39, 0.29) is 23.2 Å². The fourth-order valence-electron chi connectivity index (χ4n) is 2.69. The number of aryl methyl sites for hydroxylation is 2. The Morgan fingerprint density at radius 1 is 1.13 bits per heavy atom. The molecule has 0 spiro atoms. The van der Waals surface area contributed by atoms with E-state index in [2.05, 4.69) is 34.4 Å². The lowest BCUT2D eigenvalue weighted by atomic mass is 10.1. The normalized spacial score (nSPS) is 12.6. The molecule has 0 bridgehead atoms. The lowest BCUT2D eigenvalue weighted by molar-refractivity contribution is -0.153.